The Morgan fingerprint density at radius 2 is 0.595 bits per heavy atom. The lowest BCUT2D eigenvalue weighted by Gasteiger charge is -2.20. The molecule has 0 aromatic heterocycles. The Morgan fingerprint density at radius 1 is 0.342 bits per heavy atom. The monoisotopic (exact) mass is 1110 g/mol. The van der Waals surface area contributed by atoms with Crippen LogP contribution in [-0.2, 0) is 14.3 Å². The summed E-state index contributed by atoms with van der Waals surface area (Å²) in [7, 11) is 0. The first-order valence-corrected chi connectivity index (χ1v) is 36.1. The molecular weight excluding hydrogens is 971 g/mol. The molecule has 1 amide bonds. The van der Waals surface area contributed by atoms with Crippen LogP contribution in [0.15, 0.2) is 24.3 Å². The number of hydrogen-bond donors (Lipinski definition) is 3. The molecule has 0 aromatic rings. The number of amides is 1. The second kappa shape index (κ2) is 68.8. The molecule has 0 aliphatic carbocycles. The van der Waals surface area contributed by atoms with E-state index < -0.39 is 12.1 Å². The molecule has 2 atom stereocenters. The largest absolute Gasteiger partial charge is 0.466 e. The van der Waals surface area contributed by atoms with Gasteiger partial charge in [-0.1, -0.05) is 359 Å². The Labute approximate surface area is 494 Å². The first kappa shape index (κ1) is 77.3. The lowest BCUT2D eigenvalue weighted by Crippen LogP contribution is -2.45. The highest BCUT2D eigenvalue weighted by Gasteiger charge is 2.18. The Balaban J connectivity index is 3.35. The molecule has 0 fully saturated rings. The number of aliphatic hydroxyl groups excluding tert-OH is 2. The average Bonchev–Trinajstić information content (AvgIpc) is 3.45. The molecule has 468 valence electrons. The van der Waals surface area contributed by atoms with Crippen molar-refractivity contribution in [1.82, 2.24) is 5.32 Å². The van der Waals surface area contributed by atoms with Crippen molar-refractivity contribution >= 4 is 11.9 Å². The summed E-state index contributed by atoms with van der Waals surface area (Å²) in [6.07, 6.45) is 87.0. The van der Waals surface area contributed by atoms with Crippen LogP contribution in [0.2, 0.25) is 0 Å². The Bertz CT molecular complexity index is 1230. The van der Waals surface area contributed by atoms with Crippen LogP contribution in [0.4, 0.5) is 0 Å². The standard InChI is InChI=1S/C73H141NO5/c1-3-5-7-9-11-13-15-17-37-41-45-49-53-57-61-65-71(76)70(69-75)74-72(77)66-62-58-54-50-46-42-39-35-33-31-29-27-25-23-21-19-20-22-24-26-28-30-32-34-36-40-44-48-52-56-60-64-68-79-73(78)67-63-59-55-51-47-43-38-18-16-14-12-10-8-6-4-2/h22,24,61,65,70-71,75-76H,3-21,23,25-60,62-64,66-69H2,1-2H3,(H,74,77)/b24-22-,65-61+. The van der Waals surface area contributed by atoms with Crippen molar-refractivity contribution in [2.45, 2.75) is 418 Å². The predicted molar refractivity (Wildman–Crippen MR) is 347 cm³/mol. The van der Waals surface area contributed by atoms with Gasteiger partial charge >= 0.3 is 5.97 Å². The predicted octanol–water partition coefficient (Wildman–Crippen LogP) is 23.3. The van der Waals surface area contributed by atoms with Gasteiger partial charge in [-0.25, -0.2) is 0 Å². The first-order chi connectivity index (χ1) is 39.0. The summed E-state index contributed by atoms with van der Waals surface area (Å²) in [6.45, 7) is 4.94. The highest BCUT2D eigenvalue weighted by Crippen LogP contribution is 2.19. The van der Waals surface area contributed by atoms with E-state index in [0.29, 0.717) is 19.4 Å². The quantitative estimate of drug-likeness (QED) is 0.0320. The third-order valence-corrected chi connectivity index (χ3v) is 17.0. The van der Waals surface area contributed by atoms with Gasteiger partial charge in [0.05, 0.1) is 25.4 Å². The zero-order chi connectivity index (χ0) is 57.1. The third-order valence-electron chi connectivity index (χ3n) is 17.0. The van der Waals surface area contributed by atoms with Crippen molar-refractivity contribution in [2.24, 2.45) is 0 Å². The van der Waals surface area contributed by atoms with E-state index in [9.17, 15) is 19.8 Å². The minimum atomic E-state index is -0.842. The van der Waals surface area contributed by atoms with Crippen molar-refractivity contribution in [3.8, 4) is 0 Å². The lowest BCUT2D eigenvalue weighted by molar-refractivity contribution is -0.143. The number of ether oxygens (including phenoxy) is 1. The topological polar surface area (TPSA) is 95.9 Å². The van der Waals surface area contributed by atoms with Crippen LogP contribution in [0.1, 0.15) is 406 Å². The number of rotatable bonds is 68. The van der Waals surface area contributed by atoms with E-state index in [0.717, 1.165) is 38.5 Å². The Hall–Kier alpha value is -1.66. The minimum Gasteiger partial charge on any atom is -0.466 e. The van der Waals surface area contributed by atoms with Gasteiger partial charge in [-0.15, -0.1) is 0 Å². The fourth-order valence-corrected chi connectivity index (χ4v) is 11.5. The molecule has 0 rings (SSSR count). The zero-order valence-electron chi connectivity index (χ0n) is 53.6. The van der Waals surface area contributed by atoms with E-state index in [1.807, 2.05) is 6.08 Å². The highest BCUT2D eigenvalue weighted by molar-refractivity contribution is 5.76. The van der Waals surface area contributed by atoms with Gasteiger partial charge in [0, 0.05) is 12.8 Å². The number of hydrogen-bond acceptors (Lipinski definition) is 5. The van der Waals surface area contributed by atoms with Crippen molar-refractivity contribution in [2.75, 3.05) is 13.2 Å². The molecule has 0 heterocycles. The van der Waals surface area contributed by atoms with E-state index in [1.165, 1.54) is 340 Å². The van der Waals surface area contributed by atoms with Crippen molar-refractivity contribution in [3.63, 3.8) is 0 Å². The van der Waals surface area contributed by atoms with Crippen molar-refractivity contribution in [3.05, 3.63) is 24.3 Å². The number of carbonyl (C=O) groups is 2. The molecule has 2 unspecified atom stereocenters. The van der Waals surface area contributed by atoms with Gasteiger partial charge < -0.3 is 20.3 Å². The number of carbonyl (C=O) groups excluding carboxylic acids is 2. The molecule has 0 saturated heterocycles. The van der Waals surface area contributed by atoms with Gasteiger partial charge in [0.15, 0.2) is 0 Å². The summed E-state index contributed by atoms with van der Waals surface area (Å²) in [5.74, 6) is -0.0412. The van der Waals surface area contributed by atoms with Crippen LogP contribution in [0.25, 0.3) is 0 Å². The number of unbranched alkanes of at least 4 members (excludes halogenated alkanes) is 55. The molecule has 0 spiro atoms. The van der Waals surface area contributed by atoms with Gasteiger partial charge in [-0.05, 0) is 57.8 Å². The van der Waals surface area contributed by atoms with Crippen LogP contribution in [0.3, 0.4) is 0 Å². The molecule has 3 N–H and O–H groups in total. The highest BCUT2D eigenvalue weighted by atomic mass is 16.5. The van der Waals surface area contributed by atoms with Crippen molar-refractivity contribution < 1.29 is 24.5 Å². The summed E-state index contributed by atoms with van der Waals surface area (Å²) < 4.78 is 5.50. The number of aliphatic hydroxyl groups is 2. The van der Waals surface area contributed by atoms with Gasteiger partial charge in [0.2, 0.25) is 5.91 Å². The average molecular weight is 1110 g/mol. The summed E-state index contributed by atoms with van der Waals surface area (Å²) in [5.41, 5.74) is 0. The van der Waals surface area contributed by atoms with E-state index in [2.05, 4.69) is 31.3 Å². The summed E-state index contributed by atoms with van der Waals surface area (Å²) in [6, 6.07) is -0.625. The molecule has 79 heavy (non-hydrogen) atoms. The zero-order valence-corrected chi connectivity index (χ0v) is 53.6. The second-order valence-corrected chi connectivity index (χ2v) is 24.9. The molecule has 0 aliphatic rings. The Morgan fingerprint density at radius 3 is 0.899 bits per heavy atom. The van der Waals surface area contributed by atoms with Crippen LogP contribution in [0.5, 0.6) is 0 Å². The minimum absolute atomic E-state index is 0.0215. The molecule has 0 aromatic carbocycles. The first-order valence-electron chi connectivity index (χ1n) is 36.1. The molecule has 0 saturated carbocycles. The van der Waals surface area contributed by atoms with Crippen LogP contribution >= 0.6 is 0 Å². The SMILES string of the molecule is CCCCCCCCCCCCCCC/C=C/C(O)C(CO)NC(=O)CCCCCCCCCCCCCCCCCC/C=C\CCCCCCCCCCCCCCOC(=O)CCCCCCCCCCCCCCCCC. The van der Waals surface area contributed by atoms with Gasteiger partial charge in [0.25, 0.3) is 0 Å². The maximum absolute atomic E-state index is 12.5. The van der Waals surface area contributed by atoms with E-state index in [1.54, 1.807) is 6.08 Å². The number of allylic oxidation sites excluding steroid dienone is 3. The van der Waals surface area contributed by atoms with E-state index >= 15 is 0 Å². The van der Waals surface area contributed by atoms with E-state index in [-0.39, 0.29) is 18.5 Å². The molecule has 0 radical (unpaired) electrons. The second-order valence-electron chi connectivity index (χ2n) is 24.9. The molecular formula is C73H141NO5. The maximum atomic E-state index is 12.5. The van der Waals surface area contributed by atoms with Crippen molar-refractivity contribution in [1.29, 1.82) is 0 Å². The Kier molecular flexibility index (Phi) is 67.4. The van der Waals surface area contributed by atoms with E-state index in [4.69, 9.17) is 4.74 Å². The van der Waals surface area contributed by atoms with Gasteiger partial charge in [0.1, 0.15) is 0 Å². The van der Waals surface area contributed by atoms with Crippen LogP contribution < -0.4 is 5.32 Å². The maximum Gasteiger partial charge on any atom is 0.305 e. The fourth-order valence-electron chi connectivity index (χ4n) is 11.5. The normalized spacial score (nSPS) is 12.6. The van der Waals surface area contributed by atoms with Crippen LogP contribution in [-0.4, -0.2) is 47.4 Å². The molecule has 0 bridgehead atoms. The van der Waals surface area contributed by atoms with Gasteiger partial charge in [-0.3, -0.25) is 9.59 Å². The number of esters is 1. The summed E-state index contributed by atoms with van der Waals surface area (Å²) >= 11 is 0. The third kappa shape index (κ3) is 65.4. The van der Waals surface area contributed by atoms with Gasteiger partial charge in [-0.2, -0.15) is 0 Å². The summed E-state index contributed by atoms with van der Waals surface area (Å²) in [5, 5.41) is 23.2. The fraction of sp³-hybridized carbons (Fsp3) is 0.918. The molecule has 6 heteroatoms. The summed E-state index contributed by atoms with van der Waals surface area (Å²) in [4.78, 5) is 24.6. The number of nitrogens with one attached hydrogen (secondary N) is 1. The molecule has 6 nitrogen and oxygen atoms in total. The smallest absolute Gasteiger partial charge is 0.305 e. The van der Waals surface area contributed by atoms with Crippen LogP contribution in [0, 0.1) is 0 Å². The molecule has 0 aliphatic heterocycles. The lowest BCUT2D eigenvalue weighted by atomic mass is 10.0.